The van der Waals surface area contributed by atoms with E-state index in [0.29, 0.717) is 29.6 Å². The summed E-state index contributed by atoms with van der Waals surface area (Å²) in [4.78, 5) is 18.0. The molecule has 2 aromatic carbocycles. The first-order valence-corrected chi connectivity index (χ1v) is 10.2. The normalized spacial score (nSPS) is 18.4. The van der Waals surface area contributed by atoms with Gasteiger partial charge in [-0.25, -0.2) is 0 Å². The molecule has 0 spiro atoms. The molecule has 0 saturated carbocycles. The van der Waals surface area contributed by atoms with E-state index in [1.807, 2.05) is 47.6 Å². The lowest BCUT2D eigenvalue weighted by molar-refractivity contribution is -0.120. The highest BCUT2D eigenvalue weighted by Gasteiger charge is 2.45. The highest BCUT2D eigenvalue weighted by Crippen LogP contribution is 2.38. The van der Waals surface area contributed by atoms with Crippen molar-refractivity contribution in [1.82, 2.24) is 4.90 Å². The van der Waals surface area contributed by atoms with Gasteiger partial charge in [0.05, 0.1) is 19.9 Å². The minimum Gasteiger partial charge on any atom is -0.493 e. The average molecular weight is 401 g/mol. The number of fused-ring (bicyclic) bond motifs is 2. The van der Waals surface area contributed by atoms with Gasteiger partial charge in [0.15, 0.2) is 16.6 Å². The van der Waals surface area contributed by atoms with Crippen molar-refractivity contribution >= 4 is 40.7 Å². The molecule has 140 valence electrons. The van der Waals surface area contributed by atoms with Crippen LogP contribution < -0.4 is 14.4 Å². The monoisotopic (exact) mass is 400 g/mol. The molecule has 2 aliphatic heterocycles. The van der Waals surface area contributed by atoms with Gasteiger partial charge in [0.2, 0.25) is 0 Å². The molecule has 1 fully saturated rings. The summed E-state index contributed by atoms with van der Waals surface area (Å²) in [5.74, 6) is 1.40. The number of thiocarbonyl (C=S) groups is 1. The van der Waals surface area contributed by atoms with E-state index in [0.717, 1.165) is 21.7 Å². The van der Waals surface area contributed by atoms with E-state index in [9.17, 15) is 4.79 Å². The Bertz CT molecular complexity index is 880. The van der Waals surface area contributed by atoms with Crippen molar-refractivity contribution in [3.8, 4) is 11.5 Å². The molecule has 0 aromatic heterocycles. The fourth-order valence-electron chi connectivity index (χ4n) is 3.69. The van der Waals surface area contributed by atoms with Crippen LogP contribution in [0.25, 0.3) is 0 Å². The van der Waals surface area contributed by atoms with Crippen LogP contribution in [0.15, 0.2) is 41.3 Å². The van der Waals surface area contributed by atoms with Gasteiger partial charge in [-0.1, -0.05) is 6.07 Å². The number of thioether (sulfide) groups is 1. The maximum Gasteiger partial charge on any atom is 0.256 e. The first kappa shape index (κ1) is 18.1. The van der Waals surface area contributed by atoms with E-state index >= 15 is 0 Å². The second-order valence-corrected chi connectivity index (χ2v) is 7.73. The lowest BCUT2D eigenvalue weighted by Crippen LogP contribution is -2.40. The topological polar surface area (TPSA) is 42.0 Å². The van der Waals surface area contributed by atoms with Gasteiger partial charge >= 0.3 is 0 Å². The Morgan fingerprint density at radius 3 is 2.48 bits per heavy atom. The van der Waals surface area contributed by atoms with Gasteiger partial charge in [0.1, 0.15) is 6.04 Å². The van der Waals surface area contributed by atoms with Gasteiger partial charge in [0.25, 0.3) is 5.91 Å². The fraction of sp³-hybridized carbons (Fsp3) is 0.300. The largest absolute Gasteiger partial charge is 0.493 e. The maximum atomic E-state index is 13.2. The van der Waals surface area contributed by atoms with Gasteiger partial charge in [-0.05, 0) is 59.9 Å². The third-order valence-electron chi connectivity index (χ3n) is 5.09. The lowest BCUT2D eigenvalue weighted by atomic mass is 9.94. The van der Waals surface area contributed by atoms with E-state index in [-0.39, 0.29) is 11.9 Å². The summed E-state index contributed by atoms with van der Waals surface area (Å²) >= 11 is 7.33. The van der Waals surface area contributed by atoms with Crippen molar-refractivity contribution in [3.63, 3.8) is 0 Å². The fourth-order valence-corrected chi connectivity index (χ4v) is 4.53. The van der Waals surface area contributed by atoms with Gasteiger partial charge in [-0.3, -0.25) is 9.69 Å². The number of methoxy groups -OCH3 is 2. The predicted octanol–water partition coefficient (Wildman–Crippen LogP) is 3.48. The Kier molecular flexibility index (Phi) is 4.74. The number of carbonyl (C=O) groups is 1. The van der Waals surface area contributed by atoms with Crippen LogP contribution in [0.1, 0.15) is 11.1 Å². The third-order valence-corrected chi connectivity index (χ3v) is 6.23. The predicted molar refractivity (Wildman–Crippen MR) is 111 cm³/mol. The summed E-state index contributed by atoms with van der Waals surface area (Å²) in [5, 5.41) is 0.559. The zero-order valence-corrected chi connectivity index (χ0v) is 17.0. The highest BCUT2D eigenvalue weighted by molar-refractivity contribution is 7.98. The van der Waals surface area contributed by atoms with E-state index < -0.39 is 0 Å². The third kappa shape index (κ3) is 2.95. The minimum atomic E-state index is -0.277. The molecule has 1 saturated heterocycles. The Labute approximate surface area is 168 Å². The van der Waals surface area contributed by atoms with Gasteiger partial charge in [-0.2, -0.15) is 0 Å². The van der Waals surface area contributed by atoms with Crippen molar-refractivity contribution in [2.24, 2.45) is 0 Å². The summed E-state index contributed by atoms with van der Waals surface area (Å²) in [6.45, 7) is 0.587. The van der Waals surface area contributed by atoms with Crippen molar-refractivity contribution in [2.75, 3.05) is 25.4 Å². The molecule has 2 aliphatic rings. The molecule has 1 atom stereocenters. The highest BCUT2D eigenvalue weighted by atomic mass is 32.2. The van der Waals surface area contributed by atoms with Gasteiger partial charge in [0, 0.05) is 17.9 Å². The summed E-state index contributed by atoms with van der Waals surface area (Å²) in [6, 6.07) is 11.6. The number of carbonyl (C=O) groups excluding carboxylic acids is 1. The molecule has 7 heteroatoms. The summed E-state index contributed by atoms with van der Waals surface area (Å²) in [6.07, 6.45) is 2.62. The average Bonchev–Trinajstić information content (AvgIpc) is 2.95. The van der Waals surface area contributed by atoms with Crippen LogP contribution >= 0.6 is 24.0 Å². The Morgan fingerprint density at radius 1 is 1.11 bits per heavy atom. The zero-order chi connectivity index (χ0) is 19.1. The first-order chi connectivity index (χ1) is 13.1. The van der Waals surface area contributed by atoms with E-state index in [1.54, 1.807) is 30.9 Å². The second-order valence-electron chi connectivity index (χ2n) is 6.48. The first-order valence-electron chi connectivity index (χ1n) is 8.59. The number of rotatable bonds is 4. The van der Waals surface area contributed by atoms with E-state index in [2.05, 4.69) is 0 Å². The second kappa shape index (κ2) is 7.05. The smallest absolute Gasteiger partial charge is 0.256 e. The number of hydrogen-bond donors (Lipinski definition) is 0. The SMILES string of the molecule is COc1cc2c(cc1OC)CN1C(=S)N(c3cccc(SC)c3)C(=O)[C@@H]1C2. The van der Waals surface area contributed by atoms with Gasteiger partial charge in [-0.15, -0.1) is 11.8 Å². The molecule has 1 amide bonds. The van der Waals surface area contributed by atoms with Crippen LogP contribution in [-0.4, -0.2) is 42.4 Å². The van der Waals surface area contributed by atoms with Crippen molar-refractivity contribution in [1.29, 1.82) is 0 Å². The van der Waals surface area contributed by atoms with Crippen LogP contribution in [0, 0.1) is 0 Å². The zero-order valence-electron chi connectivity index (χ0n) is 15.4. The molecule has 2 heterocycles. The van der Waals surface area contributed by atoms with Gasteiger partial charge < -0.3 is 14.4 Å². The summed E-state index contributed by atoms with van der Waals surface area (Å²) < 4.78 is 10.8. The van der Waals surface area contributed by atoms with E-state index in [1.165, 1.54) is 0 Å². The standard InChI is InChI=1S/C20H20N2O3S2/c1-24-17-8-12-7-16-19(23)22(14-5-4-6-15(10-14)27-3)20(26)21(16)11-13(12)9-18(17)25-2/h4-6,8-10,16H,7,11H2,1-3H3/t16-/m0/s1. The minimum absolute atomic E-state index is 0.0266. The van der Waals surface area contributed by atoms with E-state index in [4.69, 9.17) is 21.7 Å². The molecule has 0 radical (unpaired) electrons. The number of benzene rings is 2. The molecule has 0 bridgehead atoms. The Balaban J connectivity index is 1.70. The number of amides is 1. The van der Waals surface area contributed by atoms with Crippen molar-refractivity contribution in [2.45, 2.75) is 23.9 Å². The molecule has 0 N–H and O–H groups in total. The molecule has 0 aliphatic carbocycles. The number of ether oxygens (including phenoxy) is 2. The maximum absolute atomic E-state index is 13.2. The number of hydrogen-bond acceptors (Lipinski definition) is 5. The van der Waals surface area contributed by atoms with Crippen molar-refractivity contribution in [3.05, 3.63) is 47.5 Å². The summed E-state index contributed by atoms with van der Waals surface area (Å²) in [5.41, 5.74) is 3.04. The summed E-state index contributed by atoms with van der Waals surface area (Å²) in [7, 11) is 3.25. The van der Waals surface area contributed by atoms with Crippen LogP contribution in [0.4, 0.5) is 5.69 Å². The molecule has 5 nitrogen and oxygen atoms in total. The molecule has 4 rings (SSSR count). The van der Waals surface area contributed by atoms with Crippen LogP contribution in [0.2, 0.25) is 0 Å². The Morgan fingerprint density at radius 2 is 1.81 bits per heavy atom. The number of anilines is 1. The molecule has 2 aromatic rings. The lowest BCUT2D eigenvalue weighted by Gasteiger charge is -2.31. The van der Waals surface area contributed by atoms with Crippen LogP contribution in [0.5, 0.6) is 11.5 Å². The van der Waals surface area contributed by atoms with Crippen LogP contribution in [0.3, 0.4) is 0 Å². The molecular weight excluding hydrogens is 380 g/mol. The molecule has 0 unspecified atom stereocenters. The quantitative estimate of drug-likeness (QED) is 0.578. The molecular formula is C20H20N2O3S2. The Hall–Kier alpha value is -2.25. The van der Waals surface area contributed by atoms with Crippen molar-refractivity contribution < 1.29 is 14.3 Å². The number of nitrogens with zero attached hydrogens (tertiary/aromatic N) is 2. The van der Waals surface area contributed by atoms with Crippen LogP contribution in [-0.2, 0) is 17.8 Å². The molecule has 27 heavy (non-hydrogen) atoms.